The van der Waals surface area contributed by atoms with E-state index in [0.29, 0.717) is 23.6 Å². The summed E-state index contributed by atoms with van der Waals surface area (Å²) < 4.78 is 16.1. The van der Waals surface area contributed by atoms with E-state index in [1.165, 1.54) is 18.9 Å². The van der Waals surface area contributed by atoms with Crippen LogP contribution in [0.1, 0.15) is 37.8 Å². The number of benzene rings is 1. The van der Waals surface area contributed by atoms with Crippen LogP contribution in [0.25, 0.3) is 0 Å². The number of carbonyl (C=O) groups excluding carboxylic acids is 2. The molecule has 0 saturated carbocycles. The fourth-order valence-electron chi connectivity index (χ4n) is 4.13. The predicted molar refractivity (Wildman–Crippen MR) is 122 cm³/mol. The van der Waals surface area contributed by atoms with Crippen molar-refractivity contribution in [2.24, 2.45) is 4.99 Å². The van der Waals surface area contributed by atoms with Crippen LogP contribution in [0.15, 0.2) is 51.6 Å². The van der Waals surface area contributed by atoms with Crippen LogP contribution in [0.4, 0.5) is 0 Å². The second-order valence-electron chi connectivity index (χ2n) is 7.78. The number of nitrogens with one attached hydrogen (secondary N) is 1. The van der Waals surface area contributed by atoms with E-state index in [9.17, 15) is 9.59 Å². The van der Waals surface area contributed by atoms with Gasteiger partial charge in [0.1, 0.15) is 5.75 Å². The molecule has 8 nitrogen and oxygen atoms in total. The number of methoxy groups -OCH3 is 2. The molecular weight excluding hydrogens is 430 g/mol. The van der Waals surface area contributed by atoms with Crippen molar-refractivity contribution in [2.75, 3.05) is 27.4 Å². The van der Waals surface area contributed by atoms with Gasteiger partial charge in [-0.05, 0) is 42.9 Å². The summed E-state index contributed by atoms with van der Waals surface area (Å²) in [4.78, 5) is 32.0. The number of hydrogen-bond acceptors (Lipinski definition) is 8. The molecule has 0 bridgehead atoms. The first-order valence-electron chi connectivity index (χ1n) is 10.6. The standard InChI is InChI=1S/C23H27N3O5S/c1-14-20(22(28)30-3)21(15-6-4-7-17(10-15)29-2)26-16(13-32-23(26)25-14)11-19(27)24-12-18-8-5-9-31-18/h4,6-7,10,13,18,21H,5,8-9,11-12H2,1-3H3,(H,24,27). The third-order valence-electron chi connectivity index (χ3n) is 5.71. The number of rotatable bonds is 7. The highest BCUT2D eigenvalue weighted by molar-refractivity contribution is 8.16. The molecule has 3 aliphatic heterocycles. The van der Waals surface area contributed by atoms with Gasteiger partial charge in [0, 0.05) is 18.8 Å². The van der Waals surface area contributed by atoms with Gasteiger partial charge in [-0.3, -0.25) is 4.79 Å². The van der Waals surface area contributed by atoms with Crippen molar-refractivity contribution >= 4 is 28.8 Å². The van der Waals surface area contributed by atoms with Crippen molar-refractivity contribution in [3.05, 3.63) is 52.2 Å². The lowest BCUT2D eigenvalue weighted by atomic mass is 9.93. The van der Waals surface area contributed by atoms with E-state index < -0.39 is 12.0 Å². The van der Waals surface area contributed by atoms with Crippen molar-refractivity contribution in [1.29, 1.82) is 0 Å². The van der Waals surface area contributed by atoms with E-state index in [4.69, 9.17) is 14.2 Å². The molecule has 0 radical (unpaired) electrons. The van der Waals surface area contributed by atoms with Crippen molar-refractivity contribution in [3.8, 4) is 5.75 Å². The second-order valence-corrected chi connectivity index (χ2v) is 8.61. The summed E-state index contributed by atoms with van der Waals surface area (Å²) in [6.07, 6.45) is 2.25. The smallest absolute Gasteiger partial charge is 0.338 e. The zero-order chi connectivity index (χ0) is 22.7. The number of amides is 1. The van der Waals surface area contributed by atoms with E-state index in [-0.39, 0.29) is 18.4 Å². The van der Waals surface area contributed by atoms with Crippen LogP contribution >= 0.6 is 11.8 Å². The van der Waals surface area contributed by atoms with Crippen LogP contribution in [0, 0.1) is 0 Å². The van der Waals surface area contributed by atoms with E-state index in [1.54, 1.807) is 14.0 Å². The lowest BCUT2D eigenvalue weighted by Crippen LogP contribution is -2.38. The number of esters is 1. The molecule has 0 aliphatic carbocycles. The normalized spacial score (nSPS) is 22.3. The Morgan fingerprint density at radius 3 is 2.91 bits per heavy atom. The number of nitrogens with zero attached hydrogens (tertiary/aromatic N) is 2. The molecule has 2 unspecified atom stereocenters. The number of aliphatic imine (C=N–C) groups is 1. The molecule has 1 fully saturated rings. The van der Waals surface area contributed by atoms with Crippen molar-refractivity contribution in [3.63, 3.8) is 0 Å². The van der Waals surface area contributed by atoms with Crippen LogP contribution in [-0.2, 0) is 19.1 Å². The fraction of sp³-hybridized carbons (Fsp3) is 0.435. The van der Waals surface area contributed by atoms with Gasteiger partial charge in [-0.25, -0.2) is 9.79 Å². The van der Waals surface area contributed by atoms with Crippen LogP contribution < -0.4 is 10.1 Å². The zero-order valence-corrected chi connectivity index (χ0v) is 19.2. The second kappa shape index (κ2) is 9.79. The lowest BCUT2D eigenvalue weighted by Gasteiger charge is -2.36. The Kier molecular flexibility index (Phi) is 6.86. The van der Waals surface area contributed by atoms with E-state index in [2.05, 4.69) is 10.3 Å². The van der Waals surface area contributed by atoms with Gasteiger partial charge in [0.2, 0.25) is 5.91 Å². The van der Waals surface area contributed by atoms with Gasteiger partial charge < -0.3 is 24.4 Å². The number of carbonyl (C=O) groups is 2. The van der Waals surface area contributed by atoms with Gasteiger partial charge in [0.05, 0.1) is 44.1 Å². The minimum absolute atomic E-state index is 0.0824. The van der Waals surface area contributed by atoms with Crippen molar-refractivity contribution < 1.29 is 23.8 Å². The van der Waals surface area contributed by atoms with Gasteiger partial charge in [0.15, 0.2) is 5.17 Å². The summed E-state index contributed by atoms with van der Waals surface area (Å²) in [6.45, 7) is 3.06. The first kappa shape index (κ1) is 22.4. The van der Waals surface area contributed by atoms with Gasteiger partial charge in [-0.15, -0.1) is 0 Å². The minimum atomic E-state index is -0.475. The summed E-state index contributed by atoms with van der Waals surface area (Å²) in [5.74, 6) is 0.140. The average molecular weight is 458 g/mol. The molecule has 32 heavy (non-hydrogen) atoms. The fourth-order valence-corrected chi connectivity index (χ4v) is 5.09. The van der Waals surface area contributed by atoms with Crippen LogP contribution in [0.2, 0.25) is 0 Å². The molecule has 1 aromatic rings. The van der Waals surface area contributed by atoms with Crippen molar-refractivity contribution in [1.82, 2.24) is 10.2 Å². The maximum atomic E-state index is 12.8. The Morgan fingerprint density at radius 2 is 2.19 bits per heavy atom. The van der Waals surface area contributed by atoms with Gasteiger partial charge in [-0.1, -0.05) is 23.9 Å². The number of hydrogen-bond donors (Lipinski definition) is 1. The van der Waals surface area contributed by atoms with E-state index >= 15 is 0 Å². The SMILES string of the molecule is COC(=O)C1=C(C)N=C2SC=C(CC(=O)NCC3CCCO3)N2C1c1cccc(OC)c1. The number of fused-ring (bicyclic) bond motifs is 1. The van der Waals surface area contributed by atoms with E-state index in [1.807, 2.05) is 34.6 Å². The summed E-state index contributed by atoms with van der Waals surface area (Å²) in [6, 6.07) is 7.08. The largest absolute Gasteiger partial charge is 0.497 e. The molecule has 3 aliphatic rings. The Morgan fingerprint density at radius 1 is 1.34 bits per heavy atom. The van der Waals surface area contributed by atoms with Gasteiger partial charge in [-0.2, -0.15) is 0 Å². The van der Waals surface area contributed by atoms with Gasteiger partial charge >= 0.3 is 5.97 Å². The highest BCUT2D eigenvalue weighted by atomic mass is 32.2. The molecule has 4 rings (SSSR count). The third kappa shape index (κ3) is 4.54. The average Bonchev–Trinajstić information content (AvgIpc) is 3.46. The lowest BCUT2D eigenvalue weighted by molar-refractivity contribution is -0.136. The number of thioether (sulfide) groups is 1. The molecule has 1 aromatic carbocycles. The predicted octanol–water partition coefficient (Wildman–Crippen LogP) is 3.13. The summed E-state index contributed by atoms with van der Waals surface area (Å²) in [7, 11) is 2.96. The van der Waals surface area contributed by atoms with Crippen molar-refractivity contribution in [2.45, 2.75) is 38.3 Å². The molecular formula is C23H27N3O5S. The molecule has 0 spiro atoms. The third-order valence-corrected chi connectivity index (χ3v) is 6.60. The highest BCUT2D eigenvalue weighted by Crippen LogP contribution is 2.45. The summed E-state index contributed by atoms with van der Waals surface area (Å²) >= 11 is 1.44. The Bertz CT molecular complexity index is 997. The molecule has 9 heteroatoms. The zero-order valence-electron chi connectivity index (χ0n) is 18.4. The minimum Gasteiger partial charge on any atom is -0.497 e. The molecule has 170 valence electrons. The number of ether oxygens (including phenoxy) is 3. The first-order valence-corrected chi connectivity index (χ1v) is 11.4. The van der Waals surface area contributed by atoms with Crippen LogP contribution in [0.3, 0.4) is 0 Å². The van der Waals surface area contributed by atoms with Crippen LogP contribution in [-0.4, -0.2) is 55.4 Å². The first-order chi connectivity index (χ1) is 15.5. The van der Waals surface area contributed by atoms with Crippen LogP contribution in [0.5, 0.6) is 5.75 Å². The van der Waals surface area contributed by atoms with E-state index in [0.717, 1.165) is 35.9 Å². The molecule has 0 aromatic heterocycles. The topological polar surface area (TPSA) is 89.5 Å². The van der Waals surface area contributed by atoms with Gasteiger partial charge in [0.25, 0.3) is 0 Å². The summed E-state index contributed by atoms with van der Waals surface area (Å²) in [5, 5.41) is 5.62. The Labute approximate surface area is 191 Å². The molecule has 1 saturated heterocycles. The monoisotopic (exact) mass is 457 g/mol. The summed E-state index contributed by atoms with van der Waals surface area (Å²) in [5.41, 5.74) is 2.67. The quantitative estimate of drug-likeness (QED) is 0.629. The number of amidine groups is 1. The maximum Gasteiger partial charge on any atom is 0.338 e. The maximum absolute atomic E-state index is 12.8. The molecule has 3 heterocycles. The Hall–Kier alpha value is -2.78. The Balaban J connectivity index is 1.61. The molecule has 1 amide bonds. The highest BCUT2D eigenvalue weighted by Gasteiger charge is 2.41. The molecule has 2 atom stereocenters. The number of allylic oxidation sites excluding steroid dienone is 1. The molecule has 1 N–H and O–H groups in total.